The molecule has 0 spiro atoms. The highest BCUT2D eigenvalue weighted by Gasteiger charge is 2.21. The quantitative estimate of drug-likeness (QED) is 0.0609. The molecule has 0 saturated heterocycles. The van der Waals surface area contributed by atoms with Crippen molar-refractivity contribution in [2.75, 3.05) is 13.2 Å². The van der Waals surface area contributed by atoms with Gasteiger partial charge in [-0.2, -0.15) is 0 Å². The van der Waals surface area contributed by atoms with Crippen molar-refractivity contribution in [3.63, 3.8) is 0 Å². The van der Waals surface area contributed by atoms with Crippen LogP contribution in [-0.2, 0) is 14.3 Å². The Morgan fingerprint density at radius 2 is 0.850 bits per heavy atom. The first-order valence-electron chi connectivity index (χ1n) is 17.7. The molecule has 5 heteroatoms. The van der Waals surface area contributed by atoms with Crippen LogP contribution in [-0.4, -0.2) is 36.2 Å². The lowest BCUT2D eigenvalue weighted by atomic mass is 10.0. The zero-order valence-corrected chi connectivity index (χ0v) is 27.0. The standard InChI is InChI=1S/C35H69NO4/c1-3-5-7-9-11-13-15-17-18-19-20-22-24-26-28-30-36-33(35(38)39)32-34(37)40-31-29-27-25-23-21-16-14-12-10-8-6-4-2/h33,36H,3-32H2,1-2H3,(H,38,39). The van der Waals surface area contributed by atoms with Gasteiger partial charge in [0.25, 0.3) is 0 Å². The molecule has 0 aromatic rings. The van der Waals surface area contributed by atoms with Crippen LogP contribution in [0.15, 0.2) is 0 Å². The van der Waals surface area contributed by atoms with Crippen molar-refractivity contribution >= 4 is 11.9 Å². The Balaban J connectivity index is 3.52. The first-order valence-corrected chi connectivity index (χ1v) is 17.7. The SMILES string of the molecule is CCCCCCCCCCCCCCCCCNC(CC(=O)OCCCCCCCCCCCCCC)C(=O)O. The first-order chi connectivity index (χ1) is 19.6. The third-order valence-corrected chi connectivity index (χ3v) is 8.10. The Bertz CT molecular complexity index is 539. The van der Waals surface area contributed by atoms with Crippen LogP contribution in [0.3, 0.4) is 0 Å². The van der Waals surface area contributed by atoms with Crippen molar-refractivity contribution in [2.24, 2.45) is 0 Å². The third-order valence-electron chi connectivity index (χ3n) is 8.10. The van der Waals surface area contributed by atoms with E-state index >= 15 is 0 Å². The molecule has 0 rings (SSSR count). The van der Waals surface area contributed by atoms with Crippen LogP contribution in [0.4, 0.5) is 0 Å². The van der Waals surface area contributed by atoms with Crippen LogP contribution in [0.2, 0.25) is 0 Å². The Morgan fingerprint density at radius 3 is 1.20 bits per heavy atom. The normalized spacial score (nSPS) is 12.1. The van der Waals surface area contributed by atoms with Gasteiger partial charge in [-0.15, -0.1) is 0 Å². The van der Waals surface area contributed by atoms with Gasteiger partial charge in [-0.3, -0.25) is 9.59 Å². The van der Waals surface area contributed by atoms with Crippen LogP contribution in [0, 0.1) is 0 Å². The van der Waals surface area contributed by atoms with Crippen LogP contribution in [0.25, 0.3) is 0 Å². The van der Waals surface area contributed by atoms with Crippen LogP contribution < -0.4 is 5.32 Å². The molecular formula is C35H69NO4. The summed E-state index contributed by atoms with van der Waals surface area (Å²) >= 11 is 0. The number of carbonyl (C=O) groups is 2. The average Bonchev–Trinajstić information content (AvgIpc) is 2.94. The minimum atomic E-state index is -0.969. The highest BCUT2D eigenvalue weighted by molar-refractivity contribution is 5.81. The molecule has 40 heavy (non-hydrogen) atoms. The topological polar surface area (TPSA) is 75.6 Å². The van der Waals surface area contributed by atoms with Gasteiger partial charge in [-0.05, 0) is 19.4 Å². The zero-order valence-electron chi connectivity index (χ0n) is 27.0. The van der Waals surface area contributed by atoms with E-state index in [4.69, 9.17) is 4.74 Å². The number of unbranched alkanes of at least 4 members (excludes halogenated alkanes) is 25. The summed E-state index contributed by atoms with van der Waals surface area (Å²) in [5.74, 6) is -1.37. The lowest BCUT2D eigenvalue weighted by Crippen LogP contribution is -2.39. The number of carboxylic acids is 1. The summed E-state index contributed by atoms with van der Waals surface area (Å²) in [5, 5.41) is 12.5. The smallest absolute Gasteiger partial charge is 0.321 e. The molecule has 0 aliphatic heterocycles. The molecule has 0 aliphatic rings. The number of esters is 1. The summed E-state index contributed by atoms with van der Waals surface area (Å²) in [6.45, 7) is 5.57. The molecule has 0 saturated carbocycles. The fraction of sp³-hybridized carbons (Fsp3) is 0.943. The van der Waals surface area contributed by atoms with E-state index in [0.717, 1.165) is 25.7 Å². The molecule has 0 amide bonds. The van der Waals surface area contributed by atoms with Gasteiger partial charge < -0.3 is 15.2 Å². The molecule has 2 N–H and O–H groups in total. The molecule has 0 aromatic carbocycles. The molecule has 238 valence electrons. The van der Waals surface area contributed by atoms with Crippen molar-refractivity contribution in [1.29, 1.82) is 0 Å². The lowest BCUT2D eigenvalue weighted by Gasteiger charge is -2.14. The molecule has 5 nitrogen and oxygen atoms in total. The number of ether oxygens (including phenoxy) is 1. The van der Waals surface area contributed by atoms with E-state index in [1.165, 1.54) is 148 Å². The summed E-state index contributed by atoms with van der Waals surface area (Å²) in [7, 11) is 0. The fourth-order valence-corrected chi connectivity index (χ4v) is 5.37. The van der Waals surface area contributed by atoms with E-state index in [0.29, 0.717) is 13.2 Å². The van der Waals surface area contributed by atoms with Gasteiger partial charge in [0.2, 0.25) is 0 Å². The van der Waals surface area contributed by atoms with Crippen molar-refractivity contribution < 1.29 is 19.4 Å². The van der Waals surface area contributed by atoms with Gasteiger partial charge in [0, 0.05) is 0 Å². The third kappa shape index (κ3) is 29.9. The second kappa shape index (κ2) is 32.4. The second-order valence-corrected chi connectivity index (χ2v) is 12.1. The molecule has 1 unspecified atom stereocenters. The predicted molar refractivity (Wildman–Crippen MR) is 171 cm³/mol. The summed E-state index contributed by atoms with van der Waals surface area (Å²) in [4.78, 5) is 23.7. The number of hydrogen-bond donors (Lipinski definition) is 2. The number of aliphatic carboxylic acids is 1. The largest absolute Gasteiger partial charge is 0.480 e. The number of carboxylic acid groups (broad SMARTS) is 1. The maximum atomic E-state index is 12.1. The fourth-order valence-electron chi connectivity index (χ4n) is 5.37. The summed E-state index contributed by atoms with van der Waals surface area (Å²) in [6, 6.07) is -0.846. The van der Waals surface area contributed by atoms with E-state index in [2.05, 4.69) is 19.2 Å². The summed E-state index contributed by atoms with van der Waals surface area (Å²) in [5.41, 5.74) is 0. The summed E-state index contributed by atoms with van der Waals surface area (Å²) in [6.07, 6.45) is 34.8. The molecule has 0 aliphatic carbocycles. The Morgan fingerprint density at radius 1 is 0.525 bits per heavy atom. The van der Waals surface area contributed by atoms with E-state index in [9.17, 15) is 14.7 Å². The maximum Gasteiger partial charge on any atom is 0.321 e. The molecule has 0 heterocycles. The predicted octanol–water partition coefficient (Wildman–Crippen LogP) is 10.5. The lowest BCUT2D eigenvalue weighted by molar-refractivity contribution is -0.149. The summed E-state index contributed by atoms with van der Waals surface area (Å²) < 4.78 is 5.31. The van der Waals surface area contributed by atoms with Crippen LogP contribution in [0.5, 0.6) is 0 Å². The number of hydrogen-bond acceptors (Lipinski definition) is 4. The second-order valence-electron chi connectivity index (χ2n) is 12.1. The number of nitrogens with one attached hydrogen (secondary N) is 1. The molecule has 0 radical (unpaired) electrons. The van der Waals surface area contributed by atoms with Gasteiger partial charge in [0.05, 0.1) is 13.0 Å². The van der Waals surface area contributed by atoms with Gasteiger partial charge in [-0.25, -0.2) is 0 Å². The molecule has 0 bridgehead atoms. The van der Waals surface area contributed by atoms with E-state index in [-0.39, 0.29) is 6.42 Å². The highest BCUT2D eigenvalue weighted by Crippen LogP contribution is 2.14. The van der Waals surface area contributed by atoms with Gasteiger partial charge >= 0.3 is 11.9 Å². The van der Waals surface area contributed by atoms with Gasteiger partial charge in [-0.1, -0.05) is 174 Å². The first kappa shape index (κ1) is 38.9. The Hall–Kier alpha value is -1.10. The van der Waals surface area contributed by atoms with Gasteiger partial charge in [0.15, 0.2) is 0 Å². The van der Waals surface area contributed by atoms with E-state index in [1.54, 1.807) is 0 Å². The van der Waals surface area contributed by atoms with Crippen molar-refractivity contribution in [2.45, 2.75) is 200 Å². The Labute approximate surface area is 249 Å². The minimum Gasteiger partial charge on any atom is -0.480 e. The monoisotopic (exact) mass is 568 g/mol. The van der Waals surface area contributed by atoms with Crippen molar-refractivity contribution in [3.05, 3.63) is 0 Å². The van der Waals surface area contributed by atoms with Gasteiger partial charge in [0.1, 0.15) is 6.04 Å². The average molecular weight is 568 g/mol. The maximum absolute atomic E-state index is 12.1. The van der Waals surface area contributed by atoms with Crippen LogP contribution >= 0.6 is 0 Å². The number of carbonyl (C=O) groups excluding carboxylic acids is 1. The Kier molecular flexibility index (Phi) is 31.5. The minimum absolute atomic E-state index is 0.0909. The molecule has 0 fully saturated rings. The van der Waals surface area contributed by atoms with Crippen LogP contribution in [0.1, 0.15) is 194 Å². The van der Waals surface area contributed by atoms with E-state index < -0.39 is 18.0 Å². The highest BCUT2D eigenvalue weighted by atomic mass is 16.5. The van der Waals surface area contributed by atoms with Crippen molar-refractivity contribution in [3.8, 4) is 0 Å². The van der Waals surface area contributed by atoms with Crippen molar-refractivity contribution in [1.82, 2.24) is 5.32 Å². The zero-order chi connectivity index (χ0) is 29.4. The van der Waals surface area contributed by atoms with E-state index in [1.807, 2.05) is 0 Å². The molecule has 1 atom stereocenters. The molecular weight excluding hydrogens is 498 g/mol. The number of rotatable bonds is 33. The molecule has 0 aromatic heterocycles.